The number of anilines is 3. The second-order valence-electron chi connectivity index (χ2n) is 13.5. The highest BCUT2D eigenvalue weighted by Gasteiger charge is 2.17. The highest BCUT2D eigenvalue weighted by Crippen LogP contribution is 2.21. The standard InChI is InChI=1S/C39H51N6.3BrH/c1-4-16-43(17-5-1)37-10-22-40(23-11-37)31-34-28-35(32-41-24-12-38(13-25-41)44-18-6-2-7-19-44)30-36(29-34)33-42-26-14-39(15-27-42)45-20-8-3-9-21-45;;;/h10-15,22-30H,1-9,16-21,31-33H2;3*1H/q+3;;;/p-3. The summed E-state index contributed by atoms with van der Waals surface area (Å²) in [6, 6.07) is 21.0. The molecule has 0 bridgehead atoms. The number of pyridine rings is 3. The minimum atomic E-state index is 0. The topological polar surface area (TPSA) is 21.4 Å². The van der Waals surface area contributed by atoms with Crippen LogP contribution < -0.4 is 79.3 Å². The maximum Gasteiger partial charge on any atom is 0.173 e. The van der Waals surface area contributed by atoms with Gasteiger partial charge in [0.05, 0.1) is 0 Å². The second-order valence-corrected chi connectivity index (χ2v) is 13.5. The molecule has 6 nitrogen and oxygen atoms in total. The molecule has 3 fully saturated rings. The summed E-state index contributed by atoms with van der Waals surface area (Å²) >= 11 is 0. The van der Waals surface area contributed by atoms with Crippen LogP contribution in [0.3, 0.4) is 0 Å². The third-order valence-corrected chi connectivity index (χ3v) is 9.99. The number of halogens is 3. The Hall–Kier alpha value is -2.49. The van der Waals surface area contributed by atoms with Gasteiger partial charge in [0.15, 0.2) is 56.8 Å². The van der Waals surface area contributed by atoms with E-state index >= 15 is 0 Å². The lowest BCUT2D eigenvalue weighted by atomic mass is 10.0. The van der Waals surface area contributed by atoms with E-state index in [9.17, 15) is 0 Å². The minimum absolute atomic E-state index is 0. The molecule has 3 saturated heterocycles. The number of nitrogens with zero attached hydrogens (tertiary/aromatic N) is 6. The van der Waals surface area contributed by atoms with E-state index in [2.05, 4.69) is 120 Å². The average molecular weight is 844 g/mol. The van der Waals surface area contributed by atoms with Crippen molar-refractivity contribution in [3.8, 4) is 0 Å². The smallest absolute Gasteiger partial charge is 0.173 e. The van der Waals surface area contributed by atoms with Crippen LogP contribution in [0.1, 0.15) is 74.5 Å². The Balaban J connectivity index is 0.00000173. The molecule has 0 N–H and O–H groups in total. The number of hydrogen-bond acceptors (Lipinski definition) is 3. The van der Waals surface area contributed by atoms with E-state index in [1.807, 2.05) is 0 Å². The molecule has 3 aliphatic rings. The van der Waals surface area contributed by atoms with Gasteiger partial charge in [0.1, 0.15) is 0 Å². The highest BCUT2D eigenvalue weighted by molar-refractivity contribution is 5.45. The van der Waals surface area contributed by atoms with Crippen LogP contribution in [0.5, 0.6) is 0 Å². The summed E-state index contributed by atoms with van der Waals surface area (Å²) in [4.78, 5) is 7.61. The predicted molar refractivity (Wildman–Crippen MR) is 182 cm³/mol. The SMILES string of the molecule is [Br-].[Br-].[Br-].c1c(C[n+]2ccc(N3CCCCC3)cc2)cc(C[n+]2ccc(N3CCCCC3)cc2)cc1C[n+]1ccc(N2CCCCC2)cc1. The number of benzene rings is 1. The van der Waals surface area contributed by atoms with Gasteiger partial charge in [-0.2, -0.15) is 0 Å². The summed E-state index contributed by atoms with van der Waals surface area (Å²) in [5.74, 6) is 0. The summed E-state index contributed by atoms with van der Waals surface area (Å²) in [6.07, 6.45) is 25.5. The van der Waals surface area contributed by atoms with Crippen molar-refractivity contribution in [2.75, 3.05) is 54.0 Å². The zero-order valence-corrected chi connectivity index (χ0v) is 33.0. The summed E-state index contributed by atoms with van der Waals surface area (Å²) < 4.78 is 6.99. The lowest BCUT2D eigenvalue weighted by Gasteiger charge is -2.28. The Kier molecular flexibility index (Phi) is 15.2. The Morgan fingerprint density at radius 1 is 0.354 bits per heavy atom. The van der Waals surface area contributed by atoms with E-state index < -0.39 is 0 Å². The molecular formula is C39H51Br3N6. The van der Waals surface area contributed by atoms with Gasteiger partial charge in [-0.05, 0) is 76.0 Å². The molecule has 7 rings (SSSR count). The molecule has 6 heterocycles. The molecule has 258 valence electrons. The van der Waals surface area contributed by atoms with Gasteiger partial charge < -0.3 is 65.6 Å². The third kappa shape index (κ3) is 10.3. The van der Waals surface area contributed by atoms with Crippen molar-refractivity contribution < 1.29 is 64.6 Å². The van der Waals surface area contributed by atoms with Gasteiger partial charge in [-0.1, -0.05) is 0 Å². The van der Waals surface area contributed by atoms with Crippen LogP contribution in [0.15, 0.2) is 91.8 Å². The number of piperidine rings is 3. The van der Waals surface area contributed by atoms with Gasteiger partial charge in [-0.15, -0.1) is 0 Å². The Bertz CT molecular complexity index is 1320. The van der Waals surface area contributed by atoms with Gasteiger partial charge in [0, 0.05) is 109 Å². The highest BCUT2D eigenvalue weighted by atomic mass is 79.9. The Labute approximate surface area is 319 Å². The lowest BCUT2D eigenvalue weighted by molar-refractivity contribution is -0.690. The fourth-order valence-electron chi connectivity index (χ4n) is 7.50. The first-order chi connectivity index (χ1) is 22.2. The molecule has 1 aromatic carbocycles. The summed E-state index contributed by atoms with van der Waals surface area (Å²) in [7, 11) is 0. The van der Waals surface area contributed by atoms with Crippen molar-refractivity contribution in [1.82, 2.24) is 0 Å². The number of hydrogen-bond donors (Lipinski definition) is 0. The van der Waals surface area contributed by atoms with Crippen LogP contribution in [0.25, 0.3) is 0 Å². The van der Waals surface area contributed by atoms with Crippen LogP contribution in [0.2, 0.25) is 0 Å². The van der Waals surface area contributed by atoms with E-state index in [0.717, 1.165) is 19.6 Å². The first-order valence-electron chi connectivity index (χ1n) is 17.6. The molecule has 9 heteroatoms. The molecular weight excluding hydrogens is 792 g/mol. The largest absolute Gasteiger partial charge is 1.00 e. The Morgan fingerprint density at radius 2 is 0.583 bits per heavy atom. The third-order valence-electron chi connectivity index (χ3n) is 9.99. The molecule has 0 amide bonds. The summed E-state index contributed by atoms with van der Waals surface area (Å²) in [6.45, 7) is 9.72. The van der Waals surface area contributed by atoms with Gasteiger partial charge in [-0.25, -0.2) is 13.7 Å². The fraction of sp³-hybridized carbons (Fsp3) is 0.462. The molecule has 48 heavy (non-hydrogen) atoms. The maximum atomic E-state index is 2.54. The van der Waals surface area contributed by atoms with E-state index in [-0.39, 0.29) is 50.9 Å². The molecule has 4 aromatic rings. The molecule has 3 aliphatic heterocycles. The van der Waals surface area contributed by atoms with Gasteiger partial charge in [-0.3, -0.25) is 0 Å². The first kappa shape index (κ1) is 38.3. The average Bonchev–Trinajstić information content (AvgIpc) is 3.10. The van der Waals surface area contributed by atoms with Crippen molar-refractivity contribution in [3.05, 3.63) is 108 Å². The molecule has 3 aromatic heterocycles. The van der Waals surface area contributed by atoms with Crippen molar-refractivity contribution in [3.63, 3.8) is 0 Å². The number of rotatable bonds is 9. The van der Waals surface area contributed by atoms with Crippen molar-refractivity contribution in [1.29, 1.82) is 0 Å². The van der Waals surface area contributed by atoms with Gasteiger partial charge >= 0.3 is 0 Å². The van der Waals surface area contributed by atoms with E-state index in [1.165, 1.54) is 131 Å². The van der Waals surface area contributed by atoms with Crippen LogP contribution >= 0.6 is 0 Å². The molecule has 0 aliphatic carbocycles. The van der Waals surface area contributed by atoms with Gasteiger partial charge in [0.2, 0.25) is 0 Å². The monoisotopic (exact) mass is 840 g/mol. The van der Waals surface area contributed by atoms with E-state index in [4.69, 9.17) is 0 Å². The fourth-order valence-corrected chi connectivity index (χ4v) is 7.50. The zero-order chi connectivity index (χ0) is 30.3. The summed E-state index contributed by atoms with van der Waals surface area (Å²) in [5.41, 5.74) is 8.13. The molecule has 0 atom stereocenters. The second kappa shape index (κ2) is 19.0. The van der Waals surface area contributed by atoms with E-state index in [0.29, 0.717) is 0 Å². The zero-order valence-electron chi connectivity index (χ0n) is 28.2. The van der Waals surface area contributed by atoms with E-state index in [1.54, 1.807) is 0 Å². The van der Waals surface area contributed by atoms with Crippen LogP contribution in [0.4, 0.5) is 17.1 Å². The Morgan fingerprint density at radius 3 is 0.812 bits per heavy atom. The predicted octanol–water partition coefficient (Wildman–Crippen LogP) is -3.32. The quantitative estimate of drug-likeness (QED) is 0.165. The van der Waals surface area contributed by atoms with Crippen LogP contribution in [-0.4, -0.2) is 39.3 Å². The normalized spacial score (nSPS) is 16.4. The molecule has 0 unspecified atom stereocenters. The molecule has 0 spiro atoms. The minimum Gasteiger partial charge on any atom is -1.00 e. The van der Waals surface area contributed by atoms with Crippen LogP contribution in [0, 0.1) is 0 Å². The lowest BCUT2D eigenvalue weighted by Crippen LogP contribution is -3.00. The van der Waals surface area contributed by atoms with Crippen molar-refractivity contribution >= 4 is 17.1 Å². The summed E-state index contributed by atoms with van der Waals surface area (Å²) in [5, 5.41) is 0. The van der Waals surface area contributed by atoms with Gasteiger partial charge in [0.25, 0.3) is 0 Å². The van der Waals surface area contributed by atoms with Crippen LogP contribution in [-0.2, 0) is 19.6 Å². The first-order valence-corrected chi connectivity index (χ1v) is 17.6. The number of aromatic nitrogens is 3. The maximum absolute atomic E-state index is 2.54. The molecule has 0 saturated carbocycles. The molecule has 0 radical (unpaired) electrons. The van der Waals surface area contributed by atoms with Crippen molar-refractivity contribution in [2.24, 2.45) is 0 Å². The van der Waals surface area contributed by atoms with Crippen molar-refractivity contribution in [2.45, 2.75) is 77.4 Å².